The average Bonchev–Trinajstić information content (AvgIpc) is 2.40. The van der Waals surface area contributed by atoms with Gasteiger partial charge in [0.2, 0.25) is 0 Å². The van der Waals surface area contributed by atoms with Crippen LogP contribution in [-0.4, -0.2) is 16.1 Å². The fourth-order valence-electron chi connectivity index (χ4n) is 1.82. The zero-order valence-electron chi connectivity index (χ0n) is 12.3. The maximum absolute atomic E-state index is 12.8. The Kier molecular flexibility index (Phi) is 9.48. The van der Waals surface area contributed by atoms with Crippen LogP contribution in [-0.2, 0) is 27.2 Å². The van der Waals surface area contributed by atoms with Crippen molar-refractivity contribution in [3.8, 4) is 0 Å². The zero-order chi connectivity index (χ0) is 15.6. The summed E-state index contributed by atoms with van der Waals surface area (Å²) in [5.74, 6) is -1.38. The van der Waals surface area contributed by atoms with Crippen molar-refractivity contribution in [3.63, 3.8) is 0 Å². The van der Waals surface area contributed by atoms with Crippen LogP contribution < -0.4 is 0 Å². The minimum Gasteiger partial charge on any atom is -0.693 e. The van der Waals surface area contributed by atoms with Crippen molar-refractivity contribution in [3.05, 3.63) is 70.8 Å². The quantitative estimate of drug-likeness (QED) is 0.540. The van der Waals surface area contributed by atoms with Gasteiger partial charge in [-0.2, -0.15) is 13.2 Å². The number of carbonyl (C=O) groups is 1. The molecule has 6 nitrogen and oxygen atoms in total. The molecule has 0 aliphatic rings. The Morgan fingerprint density at radius 1 is 1.17 bits per heavy atom. The Morgan fingerprint density at radius 2 is 1.79 bits per heavy atom. The van der Waals surface area contributed by atoms with Gasteiger partial charge < -0.3 is 27.7 Å². The van der Waals surface area contributed by atoms with Crippen LogP contribution >= 0.6 is 0 Å². The number of benzene rings is 1. The topological polar surface area (TPSA) is 131 Å². The Hall–Kier alpha value is -1.96. The molecular formula is C14H14F3N4O2Pt-3. The molecule has 0 aliphatic heterocycles. The Bertz CT molecular complexity index is 696. The molecule has 1 aromatic carbocycles. The first-order valence-electron chi connectivity index (χ1n) is 5.87. The van der Waals surface area contributed by atoms with E-state index in [0.717, 1.165) is 6.07 Å². The third-order valence-corrected chi connectivity index (χ3v) is 2.85. The largest absolute Gasteiger partial charge is 0.693 e. The molecule has 0 saturated carbocycles. The van der Waals surface area contributed by atoms with E-state index in [9.17, 15) is 18.0 Å². The number of hydrogen-bond acceptors (Lipinski definition) is 2. The summed E-state index contributed by atoms with van der Waals surface area (Å²) in [5, 5.41) is 13.0. The molecule has 0 radical (unpaired) electrons. The van der Waals surface area contributed by atoms with Gasteiger partial charge in [0.15, 0.2) is 0 Å². The minimum absolute atomic E-state index is 0. The van der Waals surface area contributed by atoms with Crippen molar-refractivity contribution in [2.45, 2.75) is 13.1 Å². The molecule has 0 atom stereocenters. The molecule has 5 N–H and O–H groups in total. The van der Waals surface area contributed by atoms with Gasteiger partial charge in [0.1, 0.15) is 0 Å². The number of carboxylic acid groups (broad SMARTS) is 1. The molecule has 10 heteroatoms. The van der Waals surface area contributed by atoms with E-state index in [2.05, 4.69) is 10.3 Å². The van der Waals surface area contributed by atoms with Crippen molar-refractivity contribution < 1.29 is 44.1 Å². The van der Waals surface area contributed by atoms with Gasteiger partial charge in [-0.15, -0.1) is 0 Å². The molecule has 1 heterocycles. The first-order chi connectivity index (χ1) is 9.80. The molecule has 0 unspecified atom stereocenters. The van der Waals surface area contributed by atoms with Gasteiger partial charge in [0.25, 0.3) is 0 Å². The molecule has 0 saturated heterocycles. The van der Waals surface area contributed by atoms with Crippen LogP contribution in [0.1, 0.15) is 21.5 Å². The van der Waals surface area contributed by atoms with E-state index in [0.29, 0.717) is 0 Å². The number of rotatable bonds is 3. The van der Waals surface area contributed by atoms with Crippen molar-refractivity contribution in [2.24, 2.45) is 0 Å². The number of pyridine rings is 1. The molecule has 0 fully saturated rings. The fraction of sp³-hybridized carbons (Fsp3) is 0.143. The Labute approximate surface area is 150 Å². The summed E-state index contributed by atoms with van der Waals surface area (Å²) in [6, 6.07) is 6.26. The molecule has 0 aliphatic carbocycles. The van der Waals surface area contributed by atoms with Gasteiger partial charge in [0.05, 0.1) is 11.1 Å². The first kappa shape index (κ1) is 24.3. The second kappa shape index (κ2) is 9.36. The fourth-order valence-corrected chi connectivity index (χ4v) is 1.82. The van der Waals surface area contributed by atoms with Crippen molar-refractivity contribution >= 4 is 17.5 Å². The van der Waals surface area contributed by atoms with E-state index >= 15 is 0 Å². The molecule has 1 aromatic heterocycles. The third kappa shape index (κ3) is 5.29. The number of aromatic nitrogens is 1. The predicted octanol–water partition coefficient (Wildman–Crippen LogP) is 5.88. The molecule has 136 valence electrons. The smallest absolute Gasteiger partial charge is 0.416 e. The maximum Gasteiger partial charge on any atom is 0.416 e. The first-order valence-corrected chi connectivity index (χ1v) is 5.87. The van der Waals surface area contributed by atoms with Crippen LogP contribution in [0.2, 0.25) is 0 Å². The van der Waals surface area contributed by atoms with Crippen LogP contribution in [0.25, 0.3) is 17.6 Å². The monoisotopic (exact) mass is 522 g/mol. The van der Waals surface area contributed by atoms with Crippen LogP contribution in [0.4, 0.5) is 24.7 Å². The molecule has 0 bridgehead atoms. The van der Waals surface area contributed by atoms with Gasteiger partial charge >= 0.3 is 12.1 Å². The molecular weight excluding hydrogens is 508 g/mol. The predicted molar refractivity (Wildman–Crippen MR) is 80.6 cm³/mol. The number of hydrogen-bond donors (Lipinski definition) is 1. The molecule has 0 amide bonds. The third-order valence-electron chi connectivity index (χ3n) is 2.85. The van der Waals surface area contributed by atoms with E-state index in [-0.39, 0.29) is 56.0 Å². The summed E-state index contributed by atoms with van der Waals surface area (Å²) in [7, 11) is 0. The van der Waals surface area contributed by atoms with Gasteiger partial charge in [-0.25, -0.2) is 4.79 Å². The second-order valence-corrected chi connectivity index (χ2v) is 4.24. The molecule has 24 heavy (non-hydrogen) atoms. The normalized spacial score (nSPS) is 9.83. The Morgan fingerprint density at radius 3 is 2.33 bits per heavy atom. The number of carboxylic acids is 1. The standard InChI is InChI=1S/C14H11F3N2O2.2H2N.Pt/c1-8-10(14(15,16)17)5-2-6-11(8)19-12-9(13(20)21)4-3-7-18-12;;;/h2-7H,1H3,(H2,18,19,20,21);2*1H2;/q;2*-1;/p-1. The Balaban J connectivity index is 0. The number of nitrogens with zero attached hydrogens (tertiary/aromatic N) is 2. The SMILES string of the molecule is Cc1c([N-]c2ncccc2C(=O)O)cccc1C(F)(F)F.[NH2-].[NH2-].[Pt]. The number of alkyl halides is 3. The summed E-state index contributed by atoms with van der Waals surface area (Å²) >= 11 is 0. The van der Waals surface area contributed by atoms with Crippen molar-refractivity contribution in [1.29, 1.82) is 0 Å². The van der Waals surface area contributed by atoms with Gasteiger partial charge in [-0.1, -0.05) is 24.4 Å². The summed E-state index contributed by atoms with van der Waals surface area (Å²) in [6.07, 6.45) is -3.16. The van der Waals surface area contributed by atoms with E-state index in [1.807, 2.05) is 0 Å². The summed E-state index contributed by atoms with van der Waals surface area (Å²) in [6.45, 7) is 1.28. The molecule has 0 spiro atoms. The van der Waals surface area contributed by atoms with Crippen LogP contribution in [0.5, 0.6) is 0 Å². The summed E-state index contributed by atoms with van der Waals surface area (Å²) in [4.78, 5) is 14.8. The van der Waals surface area contributed by atoms with Gasteiger partial charge in [-0.3, -0.25) is 0 Å². The van der Waals surface area contributed by atoms with E-state index in [1.54, 1.807) is 0 Å². The van der Waals surface area contributed by atoms with Crippen molar-refractivity contribution in [2.75, 3.05) is 0 Å². The van der Waals surface area contributed by atoms with Gasteiger partial charge in [0, 0.05) is 21.1 Å². The maximum atomic E-state index is 12.8. The van der Waals surface area contributed by atoms with E-state index < -0.39 is 17.7 Å². The van der Waals surface area contributed by atoms with Crippen LogP contribution in [0.3, 0.4) is 0 Å². The summed E-state index contributed by atoms with van der Waals surface area (Å²) in [5.41, 5.74) is -1.02. The second-order valence-electron chi connectivity index (χ2n) is 4.24. The van der Waals surface area contributed by atoms with Crippen molar-refractivity contribution in [1.82, 2.24) is 4.98 Å². The molecule has 2 rings (SSSR count). The van der Waals surface area contributed by atoms with E-state index in [1.165, 1.54) is 37.4 Å². The molecule has 2 aromatic rings. The number of aromatic carboxylic acids is 1. The zero-order valence-corrected chi connectivity index (χ0v) is 14.6. The summed E-state index contributed by atoms with van der Waals surface area (Å²) < 4.78 is 38.5. The minimum atomic E-state index is -4.49. The van der Waals surface area contributed by atoms with E-state index in [4.69, 9.17) is 5.11 Å². The van der Waals surface area contributed by atoms with Gasteiger partial charge in [-0.05, 0) is 36.1 Å². The van der Waals surface area contributed by atoms with Crippen LogP contribution in [0, 0.1) is 6.92 Å². The average molecular weight is 522 g/mol. The number of halogens is 3. The van der Waals surface area contributed by atoms with Crippen LogP contribution in [0.15, 0.2) is 36.5 Å². The number of nitrogens with two attached hydrogens (primary N) is 2.